The Hall–Kier alpha value is -1.27. The molecule has 6 atom stereocenters. The van der Waals surface area contributed by atoms with Crippen molar-refractivity contribution in [2.45, 2.75) is 56.6 Å². The molecule has 0 radical (unpaired) electrons. The Morgan fingerprint density at radius 1 is 1.05 bits per heavy atom. The van der Waals surface area contributed by atoms with Gasteiger partial charge >= 0.3 is 23.5 Å². The number of hydrogen-bond donors (Lipinski definition) is 7. The van der Waals surface area contributed by atoms with Crippen LogP contribution in [0, 0.1) is 0 Å². The summed E-state index contributed by atoms with van der Waals surface area (Å²) < 4.78 is 53.2. The van der Waals surface area contributed by atoms with Crippen molar-refractivity contribution in [3.63, 3.8) is 0 Å². The summed E-state index contributed by atoms with van der Waals surface area (Å²) in [7, 11) is -16.8. The van der Waals surface area contributed by atoms with E-state index in [9.17, 15) is 33.7 Å². The van der Waals surface area contributed by atoms with Gasteiger partial charge in [-0.3, -0.25) is 9.09 Å². The summed E-state index contributed by atoms with van der Waals surface area (Å²) in [6.45, 7) is -0.963. The van der Waals surface area contributed by atoms with Crippen LogP contribution >= 0.6 is 35.7 Å². The molecule has 1 saturated heterocycles. The van der Waals surface area contributed by atoms with Crippen molar-refractivity contribution in [1.82, 2.24) is 19.5 Å². The molecule has 0 bridgehead atoms. The van der Waals surface area contributed by atoms with Crippen molar-refractivity contribution in [3.05, 3.63) is 12.2 Å². The number of imidazole rings is 1. The van der Waals surface area contributed by atoms with E-state index >= 15 is 0 Å². The van der Waals surface area contributed by atoms with Gasteiger partial charge in [0.05, 0.1) is 6.61 Å². The van der Waals surface area contributed by atoms with Gasteiger partial charge in [-0.25, -0.2) is 28.6 Å². The molecule has 2 unspecified atom stereocenters. The molecule has 3 heterocycles. The molecule has 3 rings (SSSR count). The third-order valence-electron chi connectivity index (χ3n) is 5.21. The Balaban J connectivity index is 1.77. The van der Waals surface area contributed by atoms with E-state index in [1.165, 1.54) is 10.9 Å². The fourth-order valence-corrected chi connectivity index (χ4v) is 6.85. The van der Waals surface area contributed by atoms with Crippen LogP contribution in [-0.4, -0.2) is 79.6 Å². The van der Waals surface area contributed by atoms with Crippen LogP contribution in [0.3, 0.4) is 0 Å². The van der Waals surface area contributed by atoms with Crippen molar-refractivity contribution < 1.29 is 61.4 Å². The highest BCUT2D eigenvalue weighted by Crippen LogP contribution is 2.66. The van der Waals surface area contributed by atoms with Crippen molar-refractivity contribution in [2.75, 3.05) is 12.3 Å². The lowest BCUT2D eigenvalue weighted by Crippen LogP contribution is -2.34. The standard InChI is InChI=1S/C16H26N5O13P3S/c17-14-11-15(19-8-18-14)21(10(20-11)5-3-1-2-4-6-38)16-13(23)12(22)9(32-16)7-31-36(27,28)34-37(29,30)33-35(24,25)26/h6,8-9,12-13,16,22-23H,1-5,7H2,(H,27,28)(H,29,30)(H2,17,18,19)(H2,24,25,26)/t9-,12-,13-,16-/m1/s1. The number of hydrogen-bond acceptors (Lipinski definition) is 14. The molecule has 2 aromatic heterocycles. The average molecular weight is 621 g/mol. The summed E-state index contributed by atoms with van der Waals surface area (Å²) in [5, 5.41) is 22.8. The quantitative estimate of drug-likeness (QED) is 0.0857. The van der Waals surface area contributed by atoms with Gasteiger partial charge in [-0.15, -0.1) is 0 Å². The first kappa shape index (κ1) is 31.3. The number of aliphatic hydroxyl groups excluding tert-OH is 2. The molecule has 2 aromatic rings. The van der Waals surface area contributed by atoms with Crippen molar-refractivity contribution >= 4 is 58.0 Å². The molecule has 1 aliphatic heterocycles. The maximum Gasteiger partial charge on any atom is 0.490 e. The molecular weight excluding hydrogens is 595 g/mol. The number of nitrogen functional groups attached to an aromatic ring is 1. The second-order valence-corrected chi connectivity index (χ2v) is 12.8. The number of nitrogens with two attached hydrogens (primary N) is 1. The summed E-state index contributed by atoms with van der Waals surface area (Å²) in [6, 6.07) is 0. The highest BCUT2D eigenvalue weighted by atomic mass is 32.1. The molecule has 0 amide bonds. The second kappa shape index (κ2) is 12.5. The predicted molar refractivity (Wildman–Crippen MR) is 131 cm³/mol. The van der Waals surface area contributed by atoms with E-state index in [-0.39, 0.29) is 17.0 Å². The van der Waals surface area contributed by atoms with Crippen molar-refractivity contribution in [3.8, 4) is 0 Å². The van der Waals surface area contributed by atoms with Gasteiger partial charge in [-0.05, 0) is 24.6 Å². The minimum atomic E-state index is -5.73. The maximum absolute atomic E-state index is 12.0. The fraction of sp³-hybridized carbons (Fsp3) is 0.625. The van der Waals surface area contributed by atoms with Gasteiger partial charge in [0.2, 0.25) is 0 Å². The van der Waals surface area contributed by atoms with Gasteiger partial charge in [0.1, 0.15) is 30.5 Å². The number of nitrogens with zero attached hydrogens (tertiary/aromatic N) is 4. The molecule has 0 spiro atoms. The van der Waals surface area contributed by atoms with E-state index in [2.05, 4.69) is 28.1 Å². The van der Waals surface area contributed by atoms with Crippen LogP contribution in [0.15, 0.2) is 6.33 Å². The molecular formula is C16H26N5O13P3S. The lowest BCUT2D eigenvalue weighted by Gasteiger charge is -2.20. The molecule has 18 nitrogen and oxygen atoms in total. The molecule has 8 N–H and O–H groups in total. The first-order valence-corrected chi connectivity index (χ1v) is 15.8. The number of fused-ring (bicyclic) bond motifs is 1. The lowest BCUT2D eigenvalue weighted by molar-refractivity contribution is -0.0515. The van der Waals surface area contributed by atoms with Crippen LogP contribution < -0.4 is 5.73 Å². The van der Waals surface area contributed by atoms with E-state index in [0.717, 1.165) is 19.3 Å². The number of phosphoric ester groups is 1. The smallest absolute Gasteiger partial charge is 0.387 e. The van der Waals surface area contributed by atoms with Gasteiger partial charge in [0.25, 0.3) is 0 Å². The van der Waals surface area contributed by atoms with E-state index in [4.69, 9.17) is 32.5 Å². The highest BCUT2D eigenvalue weighted by Gasteiger charge is 2.47. The van der Waals surface area contributed by atoms with Crippen molar-refractivity contribution in [2.24, 2.45) is 0 Å². The topological polar surface area (TPSA) is 279 Å². The molecule has 1 aliphatic rings. The molecule has 22 heteroatoms. The number of aryl methyl sites for hydroxylation is 1. The molecule has 214 valence electrons. The van der Waals surface area contributed by atoms with Crippen LogP contribution in [-0.2, 0) is 38.0 Å². The number of thiocarbonyl (C=S) groups is 1. The largest absolute Gasteiger partial charge is 0.490 e. The number of anilines is 1. The zero-order valence-corrected chi connectivity index (χ0v) is 22.9. The summed E-state index contributed by atoms with van der Waals surface area (Å²) in [4.78, 5) is 48.6. The normalized spacial score (nSPS) is 25.3. The summed E-state index contributed by atoms with van der Waals surface area (Å²) in [5.74, 6) is 0.465. The van der Waals surface area contributed by atoms with Crippen LogP contribution in [0.1, 0.15) is 37.7 Å². The maximum atomic E-state index is 12.0. The van der Waals surface area contributed by atoms with Gasteiger partial charge < -0.3 is 40.3 Å². The minimum Gasteiger partial charge on any atom is -0.387 e. The minimum absolute atomic E-state index is 0.0629. The monoisotopic (exact) mass is 621 g/mol. The van der Waals surface area contributed by atoms with E-state index in [1.807, 2.05) is 0 Å². The summed E-state index contributed by atoms with van der Waals surface area (Å²) in [6.07, 6.45) is -1.41. The van der Waals surface area contributed by atoms with Crippen LogP contribution in [0.5, 0.6) is 0 Å². The van der Waals surface area contributed by atoms with Gasteiger partial charge in [0.15, 0.2) is 23.2 Å². The third kappa shape index (κ3) is 8.13. The zero-order valence-electron chi connectivity index (χ0n) is 19.4. The van der Waals surface area contributed by atoms with Crippen LogP contribution in [0.2, 0.25) is 0 Å². The van der Waals surface area contributed by atoms with E-state index in [1.54, 1.807) is 5.37 Å². The molecule has 1 fully saturated rings. The van der Waals surface area contributed by atoms with Gasteiger partial charge in [0, 0.05) is 6.42 Å². The summed E-state index contributed by atoms with van der Waals surface area (Å²) >= 11 is 4.82. The van der Waals surface area contributed by atoms with E-state index in [0.29, 0.717) is 18.7 Å². The predicted octanol–water partition coefficient (Wildman–Crippen LogP) is 0.474. The first-order valence-electron chi connectivity index (χ1n) is 10.8. The number of phosphoric acid groups is 3. The number of rotatable bonds is 14. The van der Waals surface area contributed by atoms with Crippen molar-refractivity contribution in [1.29, 1.82) is 0 Å². The van der Waals surface area contributed by atoms with Gasteiger partial charge in [-0.1, -0.05) is 18.6 Å². The number of aliphatic hydroxyl groups is 2. The number of unbranched alkanes of at least 4 members (excludes halogenated alkanes) is 3. The molecule has 38 heavy (non-hydrogen) atoms. The number of aromatic nitrogens is 4. The second-order valence-electron chi connectivity index (χ2n) is 8.03. The molecule has 0 aromatic carbocycles. The van der Waals surface area contributed by atoms with Gasteiger partial charge in [-0.2, -0.15) is 8.62 Å². The average Bonchev–Trinajstić information content (AvgIpc) is 3.28. The fourth-order valence-electron chi connectivity index (χ4n) is 3.65. The Morgan fingerprint density at radius 2 is 1.76 bits per heavy atom. The van der Waals surface area contributed by atoms with Crippen LogP contribution in [0.4, 0.5) is 5.82 Å². The summed E-state index contributed by atoms with van der Waals surface area (Å²) in [5.41, 5.74) is 6.33. The Kier molecular flexibility index (Phi) is 10.3. The third-order valence-corrected chi connectivity index (χ3v) is 9.25. The molecule has 0 saturated carbocycles. The highest BCUT2D eigenvalue weighted by molar-refractivity contribution is 7.78. The molecule has 0 aliphatic carbocycles. The van der Waals surface area contributed by atoms with Crippen LogP contribution in [0.25, 0.3) is 11.2 Å². The lowest BCUT2D eigenvalue weighted by atomic mass is 10.1. The van der Waals surface area contributed by atoms with E-state index < -0.39 is 54.6 Å². The zero-order chi connectivity index (χ0) is 28.3. The Morgan fingerprint density at radius 3 is 2.42 bits per heavy atom. The SMILES string of the molecule is Nc1ncnc2c1nc(CCCCCC=S)n2[C@@H]1O[C@H](COP(=O)(O)OP(=O)(O)OP(=O)(O)O)[C@@H](O)[C@H]1O. The number of ether oxygens (including phenoxy) is 1. The first-order chi connectivity index (χ1) is 17.6. The Bertz CT molecular complexity index is 1290. The Labute approximate surface area is 220 Å².